The summed E-state index contributed by atoms with van der Waals surface area (Å²) < 4.78 is 0. The first-order valence-corrected chi connectivity index (χ1v) is 6.50. The minimum Gasteiger partial charge on any atom is -0.334 e. The third-order valence-electron chi connectivity index (χ3n) is 3.36. The monoisotopic (exact) mass is 297 g/mol. The second kappa shape index (κ2) is 7.26. The van der Waals surface area contributed by atoms with Gasteiger partial charge >= 0.3 is 0 Å². The van der Waals surface area contributed by atoms with Crippen LogP contribution >= 0.6 is 12.4 Å². The smallest absolute Gasteiger partial charge is 0.254 e. The van der Waals surface area contributed by atoms with Crippen LogP contribution in [0.3, 0.4) is 0 Å². The lowest BCUT2D eigenvalue weighted by molar-refractivity contribution is -0.114. The highest BCUT2D eigenvalue weighted by atomic mass is 35.5. The molecule has 110 valence electrons. The van der Waals surface area contributed by atoms with Gasteiger partial charge in [-0.25, -0.2) is 0 Å². The van der Waals surface area contributed by atoms with Gasteiger partial charge in [-0.1, -0.05) is 0 Å². The van der Waals surface area contributed by atoms with E-state index in [1.165, 1.54) is 6.92 Å². The minimum absolute atomic E-state index is 0. The van der Waals surface area contributed by atoms with E-state index in [2.05, 4.69) is 5.32 Å². The second-order valence-corrected chi connectivity index (χ2v) is 4.79. The molecule has 0 radical (unpaired) electrons. The summed E-state index contributed by atoms with van der Waals surface area (Å²) in [6, 6.07) is 7.10. The quantitative estimate of drug-likeness (QED) is 0.890. The van der Waals surface area contributed by atoms with Gasteiger partial charge in [0.15, 0.2) is 0 Å². The molecule has 0 saturated carbocycles. The fourth-order valence-electron chi connectivity index (χ4n) is 2.41. The van der Waals surface area contributed by atoms with Gasteiger partial charge in [-0.2, -0.15) is 0 Å². The van der Waals surface area contributed by atoms with Crippen molar-refractivity contribution in [2.75, 3.05) is 18.4 Å². The van der Waals surface area contributed by atoms with Crippen molar-refractivity contribution in [3.05, 3.63) is 29.8 Å². The molecular formula is C14H20ClN3O2. The van der Waals surface area contributed by atoms with Gasteiger partial charge in [0.25, 0.3) is 5.91 Å². The van der Waals surface area contributed by atoms with E-state index in [4.69, 9.17) is 5.73 Å². The number of hydrogen-bond acceptors (Lipinski definition) is 3. The van der Waals surface area contributed by atoms with Crippen molar-refractivity contribution in [3.63, 3.8) is 0 Å². The second-order valence-electron chi connectivity index (χ2n) is 4.79. The summed E-state index contributed by atoms with van der Waals surface area (Å²) in [5, 5.41) is 2.68. The Hall–Kier alpha value is -1.59. The molecule has 2 amide bonds. The number of nitrogens with one attached hydrogen (secondary N) is 1. The van der Waals surface area contributed by atoms with Crippen molar-refractivity contribution in [1.82, 2.24) is 4.90 Å². The molecule has 1 aromatic rings. The summed E-state index contributed by atoms with van der Waals surface area (Å²) in [6.45, 7) is 2.74. The predicted molar refractivity (Wildman–Crippen MR) is 81.1 cm³/mol. The number of nitrogens with two attached hydrogens (primary N) is 1. The molecule has 0 bridgehead atoms. The lowest BCUT2D eigenvalue weighted by atomic mass is 10.1. The molecule has 6 heteroatoms. The van der Waals surface area contributed by atoms with Gasteiger partial charge in [0.1, 0.15) is 0 Å². The highest BCUT2D eigenvalue weighted by Gasteiger charge is 2.28. The largest absolute Gasteiger partial charge is 0.334 e. The molecule has 1 unspecified atom stereocenters. The van der Waals surface area contributed by atoms with Crippen LogP contribution in [0.15, 0.2) is 24.3 Å². The van der Waals surface area contributed by atoms with Crippen LogP contribution in [0, 0.1) is 0 Å². The maximum Gasteiger partial charge on any atom is 0.254 e. The van der Waals surface area contributed by atoms with Crippen molar-refractivity contribution >= 4 is 29.9 Å². The lowest BCUT2D eigenvalue weighted by Gasteiger charge is -2.23. The molecule has 1 atom stereocenters. The van der Waals surface area contributed by atoms with Crippen LogP contribution in [0.5, 0.6) is 0 Å². The van der Waals surface area contributed by atoms with E-state index in [0.717, 1.165) is 19.4 Å². The number of hydrogen-bond donors (Lipinski definition) is 2. The van der Waals surface area contributed by atoms with E-state index in [9.17, 15) is 9.59 Å². The van der Waals surface area contributed by atoms with Crippen molar-refractivity contribution in [3.8, 4) is 0 Å². The van der Waals surface area contributed by atoms with E-state index < -0.39 is 0 Å². The molecule has 3 N–H and O–H groups in total. The Kier molecular flexibility index (Phi) is 5.98. The van der Waals surface area contributed by atoms with E-state index in [-0.39, 0.29) is 30.3 Å². The number of rotatable bonds is 3. The number of nitrogens with zero attached hydrogens (tertiary/aromatic N) is 1. The van der Waals surface area contributed by atoms with E-state index in [1.807, 2.05) is 4.90 Å². The Morgan fingerprint density at radius 2 is 2.00 bits per heavy atom. The zero-order valence-electron chi connectivity index (χ0n) is 11.5. The zero-order valence-corrected chi connectivity index (χ0v) is 12.3. The van der Waals surface area contributed by atoms with E-state index >= 15 is 0 Å². The van der Waals surface area contributed by atoms with Crippen LogP contribution in [-0.2, 0) is 4.79 Å². The molecule has 0 spiro atoms. The average molecular weight is 298 g/mol. The Bertz CT molecular complexity index is 476. The number of anilines is 1. The molecule has 1 aliphatic rings. The van der Waals surface area contributed by atoms with Crippen molar-refractivity contribution < 1.29 is 9.59 Å². The maximum atomic E-state index is 12.3. The minimum atomic E-state index is -0.123. The number of halogens is 1. The van der Waals surface area contributed by atoms with Gasteiger partial charge in [0.05, 0.1) is 0 Å². The van der Waals surface area contributed by atoms with Crippen LogP contribution in [0.2, 0.25) is 0 Å². The summed E-state index contributed by atoms with van der Waals surface area (Å²) >= 11 is 0. The molecule has 1 aromatic carbocycles. The van der Waals surface area contributed by atoms with Crippen LogP contribution in [0.1, 0.15) is 30.1 Å². The maximum absolute atomic E-state index is 12.3. The lowest BCUT2D eigenvalue weighted by Crippen LogP contribution is -2.39. The van der Waals surface area contributed by atoms with Crippen LogP contribution in [-0.4, -0.2) is 35.8 Å². The molecule has 1 fully saturated rings. The molecule has 1 heterocycles. The summed E-state index contributed by atoms with van der Waals surface area (Å²) in [6.07, 6.45) is 1.99. The summed E-state index contributed by atoms with van der Waals surface area (Å²) in [5.74, 6) is -0.107. The standard InChI is InChI=1S/C14H19N3O2.ClH/c1-10(18)16-12-6-4-11(5-7-12)14(19)17-8-2-3-13(17)9-15;/h4-7,13H,2-3,8-9,15H2,1H3,(H,16,18);1H. The number of carbonyl (C=O) groups is 2. The molecule has 20 heavy (non-hydrogen) atoms. The number of benzene rings is 1. The number of amides is 2. The van der Waals surface area contributed by atoms with Crippen molar-refractivity contribution in [1.29, 1.82) is 0 Å². The van der Waals surface area contributed by atoms with Crippen LogP contribution in [0.4, 0.5) is 5.69 Å². The Labute approximate surface area is 124 Å². The van der Waals surface area contributed by atoms with Gasteiger partial charge in [-0.05, 0) is 37.1 Å². The van der Waals surface area contributed by atoms with Crippen LogP contribution in [0.25, 0.3) is 0 Å². The highest BCUT2D eigenvalue weighted by Crippen LogP contribution is 2.20. The van der Waals surface area contributed by atoms with Gasteiger partial charge < -0.3 is 16.0 Å². The van der Waals surface area contributed by atoms with Crippen LogP contribution < -0.4 is 11.1 Å². The summed E-state index contributed by atoms with van der Waals surface area (Å²) in [4.78, 5) is 25.1. The van der Waals surface area contributed by atoms with Gasteiger partial charge in [-0.15, -0.1) is 12.4 Å². The fourth-order valence-corrected chi connectivity index (χ4v) is 2.41. The Morgan fingerprint density at radius 1 is 1.35 bits per heavy atom. The van der Waals surface area contributed by atoms with Gasteiger partial charge in [0, 0.05) is 37.3 Å². The fraction of sp³-hybridized carbons (Fsp3) is 0.429. The van der Waals surface area contributed by atoms with Crippen molar-refractivity contribution in [2.45, 2.75) is 25.8 Å². The summed E-state index contributed by atoms with van der Waals surface area (Å²) in [7, 11) is 0. The molecule has 0 aromatic heterocycles. The van der Waals surface area contributed by atoms with E-state index in [1.54, 1.807) is 24.3 Å². The summed E-state index contributed by atoms with van der Waals surface area (Å²) in [5.41, 5.74) is 7.01. The Balaban J connectivity index is 0.00000200. The number of likely N-dealkylation sites (tertiary alicyclic amines) is 1. The topological polar surface area (TPSA) is 75.4 Å². The normalized spacial score (nSPS) is 17.5. The first-order valence-electron chi connectivity index (χ1n) is 6.50. The molecule has 0 aliphatic carbocycles. The first-order chi connectivity index (χ1) is 9.11. The molecule has 1 aliphatic heterocycles. The van der Waals surface area contributed by atoms with Gasteiger partial charge in [0.2, 0.25) is 5.91 Å². The molecular weight excluding hydrogens is 278 g/mol. The molecule has 5 nitrogen and oxygen atoms in total. The Morgan fingerprint density at radius 3 is 2.55 bits per heavy atom. The first kappa shape index (κ1) is 16.5. The van der Waals surface area contributed by atoms with Gasteiger partial charge in [-0.3, -0.25) is 9.59 Å². The third kappa shape index (κ3) is 3.71. The predicted octanol–water partition coefficient (Wildman–Crippen LogP) is 1.63. The number of carbonyl (C=O) groups excluding carboxylic acids is 2. The third-order valence-corrected chi connectivity index (χ3v) is 3.36. The average Bonchev–Trinajstić information content (AvgIpc) is 2.86. The molecule has 2 rings (SSSR count). The highest BCUT2D eigenvalue weighted by molar-refractivity contribution is 5.95. The van der Waals surface area contributed by atoms with E-state index in [0.29, 0.717) is 17.8 Å². The van der Waals surface area contributed by atoms with Crippen molar-refractivity contribution in [2.24, 2.45) is 5.73 Å². The zero-order chi connectivity index (χ0) is 13.8. The SMILES string of the molecule is CC(=O)Nc1ccc(C(=O)N2CCCC2CN)cc1.Cl. The molecule has 1 saturated heterocycles.